The van der Waals surface area contributed by atoms with Crippen molar-refractivity contribution in [3.05, 3.63) is 94.8 Å². The zero-order chi connectivity index (χ0) is 24.1. The summed E-state index contributed by atoms with van der Waals surface area (Å²) < 4.78 is 20.1. The molecule has 0 fully saturated rings. The number of rotatable bonds is 6. The topological polar surface area (TPSA) is 41.6 Å². The van der Waals surface area contributed by atoms with Crippen molar-refractivity contribution in [2.75, 3.05) is 18.4 Å². The number of fused-ring (bicyclic) bond motifs is 1. The summed E-state index contributed by atoms with van der Waals surface area (Å²) in [6.45, 7) is 8.13. The van der Waals surface area contributed by atoms with Crippen LogP contribution in [0.2, 0.25) is 0 Å². The van der Waals surface area contributed by atoms with Gasteiger partial charge in [0.15, 0.2) is 5.75 Å². The van der Waals surface area contributed by atoms with E-state index < -0.39 is 6.09 Å². The molecule has 0 unspecified atom stereocenters. The van der Waals surface area contributed by atoms with Gasteiger partial charge in [-0.2, -0.15) is 0 Å². The Morgan fingerprint density at radius 2 is 1.79 bits per heavy atom. The van der Waals surface area contributed by atoms with Gasteiger partial charge in [0.1, 0.15) is 5.82 Å². The van der Waals surface area contributed by atoms with Crippen LogP contribution in [0, 0.1) is 5.82 Å². The highest BCUT2D eigenvalue weighted by Crippen LogP contribution is 2.32. The fraction of sp³-hybridized carbons (Fsp3) is 0.345. The lowest BCUT2D eigenvalue weighted by Crippen LogP contribution is -2.35. The fourth-order valence-electron chi connectivity index (χ4n) is 4.24. The minimum Gasteiger partial charge on any atom is -0.408 e. The van der Waals surface area contributed by atoms with E-state index in [-0.39, 0.29) is 11.2 Å². The van der Waals surface area contributed by atoms with E-state index in [2.05, 4.69) is 56.4 Å². The summed E-state index contributed by atoms with van der Waals surface area (Å²) >= 11 is 0. The molecule has 1 aliphatic rings. The smallest absolute Gasteiger partial charge is 0.408 e. The number of amides is 1. The third-order valence-corrected chi connectivity index (χ3v) is 6.29. The molecule has 0 aliphatic carbocycles. The van der Waals surface area contributed by atoms with Crippen molar-refractivity contribution in [3.8, 4) is 5.75 Å². The zero-order valence-electron chi connectivity index (χ0n) is 20.2. The molecule has 0 aromatic heterocycles. The molecule has 1 aliphatic heterocycles. The van der Waals surface area contributed by atoms with E-state index in [0.29, 0.717) is 30.8 Å². The molecule has 0 saturated carbocycles. The molecule has 0 bridgehead atoms. The first kappa shape index (κ1) is 23.8. The molecule has 4 nitrogen and oxygen atoms in total. The number of halogens is 1. The Hall–Kier alpha value is -3.34. The number of nitrogens with zero attached hydrogens (tertiary/aromatic N) is 1. The van der Waals surface area contributed by atoms with Gasteiger partial charge in [0.2, 0.25) is 0 Å². The lowest BCUT2D eigenvalue weighted by molar-refractivity contribution is 0.150. The standard InChI is InChI=1S/C29H33FN2O2/c1-29(2,3)24-15-13-21(14-16-24)20-32(19-17-22-8-4-5-11-25(22)30)28(33)34-26-12-6-9-23-10-7-18-31-27(23)26/h4-6,8-9,11-16,31H,7,10,17-20H2,1-3H3. The molecule has 0 spiro atoms. The number of carbonyl (C=O) groups excluding carboxylic acids is 1. The molecule has 4 rings (SSSR count). The van der Waals surface area contributed by atoms with E-state index in [0.717, 1.165) is 36.2 Å². The Labute approximate surface area is 201 Å². The van der Waals surface area contributed by atoms with Gasteiger partial charge in [-0.3, -0.25) is 0 Å². The van der Waals surface area contributed by atoms with E-state index in [1.807, 2.05) is 18.2 Å². The van der Waals surface area contributed by atoms with Crippen LogP contribution in [0.15, 0.2) is 66.7 Å². The maximum absolute atomic E-state index is 14.2. The van der Waals surface area contributed by atoms with Crippen molar-refractivity contribution in [1.82, 2.24) is 4.90 Å². The van der Waals surface area contributed by atoms with Crippen LogP contribution < -0.4 is 10.1 Å². The van der Waals surface area contributed by atoms with Crippen molar-refractivity contribution >= 4 is 11.8 Å². The first-order valence-electron chi connectivity index (χ1n) is 12.0. The molecule has 3 aromatic carbocycles. The van der Waals surface area contributed by atoms with Crippen LogP contribution in [0.1, 0.15) is 49.4 Å². The summed E-state index contributed by atoms with van der Waals surface area (Å²) in [6, 6.07) is 20.8. The average Bonchev–Trinajstić information content (AvgIpc) is 2.82. The number of para-hydroxylation sites is 1. The molecule has 5 heteroatoms. The monoisotopic (exact) mass is 460 g/mol. The Morgan fingerprint density at radius 3 is 2.53 bits per heavy atom. The van der Waals surface area contributed by atoms with Crippen molar-refractivity contribution in [3.63, 3.8) is 0 Å². The van der Waals surface area contributed by atoms with Crippen LogP contribution in [-0.2, 0) is 24.8 Å². The number of benzene rings is 3. The molecular weight excluding hydrogens is 427 g/mol. The summed E-state index contributed by atoms with van der Waals surface area (Å²) in [5.41, 5.74) is 4.94. The highest BCUT2D eigenvalue weighted by molar-refractivity contribution is 5.75. The van der Waals surface area contributed by atoms with E-state index in [4.69, 9.17) is 4.74 Å². The molecule has 0 saturated heterocycles. The third kappa shape index (κ3) is 5.77. The van der Waals surface area contributed by atoms with E-state index in [1.165, 1.54) is 11.6 Å². The molecule has 3 aromatic rings. The summed E-state index contributed by atoms with van der Waals surface area (Å²) in [5.74, 6) is 0.285. The average molecular weight is 461 g/mol. The van der Waals surface area contributed by atoms with Gasteiger partial charge in [-0.05, 0) is 59.1 Å². The zero-order valence-corrected chi connectivity index (χ0v) is 20.2. The van der Waals surface area contributed by atoms with Crippen molar-refractivity contribution in [1.29, 1.82) is 0 Å². The van der Waals surface area contributed by atoms with Gasteiger partial charge in [-0.1, -0.05) is 75.4 Å². The Kier molecular flexibility index (Phi) is 7.20. The fourth-order valence-corrected chi connectivity index (χ4v) is 4.24. The number of anilines is 1. The molecule has 0 radical (unpaired) electrons. The predicted octanol–water partition coefficient (Wildman–Crippen LogP) is 6.73. The molecule has 1 heterocycles. The normalized spacial score (nSPS) is 13.1. The van der Waals surface area contributed by atoms with Crippen LogP contribution >= 0.6 is 0 Å². The largest absolute Gasteiger partial charge is 0.415 e. The van der Waals surface area contributed by atoms with Crippen LogP contribution in [0.4, 0.5) is 14.9 Å². The van der Waals surface area contributed by atoms with Crippen LogP contribution in [0.25, 0.3) is 0 Å². The van der Waals surface area contributed by atoms with E-state index in [1.54, 1.807) is 17.0 Å². The summed E-state index contributed by atoms with van der Waals surface area (Å²) in [6.07, 6.45) is 2.00. The van der Waals surface area contributed by atoms with Gasteiger partial charge in [0, 0.05) is 19.6 Å². The molecule has 1 N–H and O–H groups in total. The molecule has 34 heavy (non-hydrogen) atoms. The second-order valence-electron chi connectivity index (χ2n) is 9.90. The van der Waals surface area contributed by atoms with Crippen LogP contribution in [-0.4, -0.2) is 24.1 Å². The first-order chi connectivity index (χ1) is 16.3. The number of ether oxygens (including phenoxy) is 1. The molecular formula is C29H33FN2O2. The number of hydrogen-bond donors (Lipinski definition) is 1. The van der Waals surface area contributed by atoms with Gasteiger partial charge in [-0.15, -0.1) is 0 Å². The van der Waals surface area contributed by atoms with Gasteiger partial charge in [-0.25, -0.2) is 9.18 Å². The van der Waals surface area contributed by atoms with Gasteiger partial charge >= 0.3 is 6.09 Å². The lowest BCUT2D eigenvalue weighted by Gasteiger charge is -2.25. The highest BCUT2D eigenvalue weighted by atomic mass is 19.1. The first-order valence-corrected chi connectivity index (χ1v) is 12.0. The van der Waals surface area contributed by atoms with Crippen molar-refractivity contribution in [2.24, 2.45) is 0 Å². The Morgan fingerprint density at radius 1 is 1.03 bits per heavy atom. The summed E-state index contributed by atoms with van der Waals surface area (Å²) in [5, 5.41) is 3.37. The summed E-state index contributed by atoms with van der Waals surface area (Å²) in [7, 11) is 0. The minimum absolute atomic E-state index is 0.0569. The van der Waals surface area contributed by atoms with E-state index >= 15 is 0 Å². The molecule has 1 amide bonds. The van der Waals surface area contributed by atoms with Gasteiger partial charge in [0.25, 0.3) is 0 Å². The van der Waals surface area contributed by atoms with Crippen molar-refractivity contribution < 1.29 is 13.9 Å². The van der Waals surface area contributed by atoms with Crippen molar-refractivity contribution in [2.45, 2.75) is 52.0 Å². The van der Waals surface area contributed by atoms with Crippen LogP contribution in [0.5, 0.6) is 5.75 Å². The number of aryl methyl sites for hydroxylation is 1. The van der Waals surface area contributed by atoms with Crippen LogP contribution in [0.3, 0.4) is 0 Å². The van der Waals surface area contributed by atoms with E-state index in [9.17, 15) is 9.18 Å². The van der Waals surface area contributed by atoms with Gasteiger partial charge in [0.05, 0.1) is 5.69 Å². The minimum atomic E-state index is -0.433. The SMILES string of the molecule is CC(C)(C)c1ccc(CN(CCc2ccccc2F)C(=O)Oc2cccc3c2NCCC3)cc1. The second-order valence-corrected chi connectivity index (χ2v) is 9.90. The number of carbonyl (C=O) groups is 1. The lowest BCUT2D eigenvalue weighted by atomic mass is 9.87. The number of nitrogens with one attached hydrogen (secondary N) is 1. The quantitative estimate of drug-likeness (QED) is 0.444. The van der Waals surface area contributed by atoms with Gasteiger partial charge < -0.3 is 15.0 Å². The molecule has 178 valence electrons. The maximum Gasteiger partial charge on any atom is 0.415 e. The Balaban J connectivity index is 1.54. The third-order valence-electron chi connectivity index (χ3n) is 6.29. The molecule has 0 atom stereocenters. The second kappa shape index (κ2) is 10.3. The highest BCUT2D eigenvalue weighted by Gasteiger charge is 2.21. The Bertz CT molecular complexity index is 1140. The number of hydrogen-bond acceptors (Lipinski definition) is 3. The summed E-state index contributed by atoms with van der Waals surface area (Å²) in [4.78, 5) is 15.0. The maximum atomic E-state index is 14.2. The predicted molar refractivity (Wildman–Crippen MR) is 135 cm³/mol.